The van der Waals surface area contributed by atoms with Crippen LogP contribution in [-0.2, 0) is 42.1 Å². The summed E-state index contributed by atoms with van der Waals surface area (Å²) in [5.41, 5.74) is 8.75. The smallest absolute Gasteiger partial charge is 0.356 e. The molecule has 26 heteroatoms. The van der Waals surface area contributed by atoms with Crippen molar-refractivity contribution in [3.05, 3.63) is 255 Å². The van der Waals surface area contributed by atoms with Gasteiger partial charge in [-0.25, -0.2) is 9.97 Å². The van der Waals surface area contributed by atoms with E-state index < -0.39 is 20.3 Å². The van der Waals surface area contributed by atoms with E-state index in [9.17, 15) is 0 Å². The Kier molecular flexibility index (Phi) is 31.7. The number of hydrogen-bond acceptors (Lipinski definition) is 20. The van der Waals surface area contributed by atoms with E-state index in [2.05, 4.69) is 63.6 Å². The minimum Gasteiger partial charge on any atom is -0.356 e. The maximum atomic E-state index is 8.25. The van der Waals surface area contributed by atoms with Crippen LogP contribution in [0.2, 0.25) is 0 Å². The second-order valence-corrected chi connectivity index (χ2v) is 11.5. The molecular weight excluding hydrogens is 1280 g/mol. The maximum absolute atomic E-state index is 8.25. The molecule has 0 bridgehead atoms. The SMILES string of the molecule is C(C#Cc1ccncc1)#Cc1ccncc1.O=[N+]([O-])[O-].O=[N+]([O-])[O-].O=[N+]([O-])[O-].O=[N+]([O-])[O-].[Pt+2].[Pt+2].c1ccc(-c2cccc(-c3ccccn3)n2)nc1.c1ccc(-c2cccc(-c3ccccn3)n2)nc1. The van der Waals surface area contributed by atoms with E-state index in [4.69, 9.17) is 61.3 Å². The van der Waals surface area contributed by atoms with Crippen LogP contribution in [0.5, 0.6) is 0 Å². The van der Waals surface area contributed by atoms with Gasteiger partial charge in [-0.05, 0) is 109 Å². The number of pyridine rings is 8. The molecule has 24 nitrogen and oxygen atoms in total. The normalized spacial score (nSPS) is 8.51. The molecule has 0 aliphatic heterocycles. The van der Waals surface area contributed by atoms with Crippen molar-refractivity contribution in [3.8, 4) is 69.2 Å². The molecule has 8 aromatic heterocycles. The number of hydrogen-bond donors (Lipinski definition) is 0. The molecule has 0 spiro atoms. The Morgan fingerprint density at radius 3 is 0.714 bits per heavy atom. The van der Waals surface area contributed by atoms with Crippen LogP contribution in [0, 0.1) is 85.0 Å². The largest absolute Gasteiger partial charge is 2.00 e. The Labute approximate surface area is 424 Å². The van der Waals surface area contributed by atoms with E-state index in [-0.39, 0.29) is 42.1 Å². The van der Waals surface area contributed by atoms with Crippen molar-refractivity contribution in [1.29, 1.82) is 0 Å². The summed E-state index contributed by atoms with van der Waals surface area (Å²) in [5, 5.41) is 59.0. The molecule has 0 aliphatic rings. The molecule has 0 radical (unpaired) electrons. The van der Waals surface area contributed by atoms with Gasteiger partial charge in [0.2, 0.25) is 0 Å². The van der Waals surface area contributed by atoms with Crippen molar-refractivity contribution in [2.24, 2.45) is 0 Å². The Balaban J connectivity index is 0.000000873. The fraction of sp³-hybridized carbons (Fsp3) is 0. The predicted octanol–water partition coefficient (Wildman–Crippen LogP) is 7.33. The summed E-state index contributed by atoms with van der Waals surface area (Å²) < 4.78 is 0. The first-order valence-corrected chi connectivity index (χ1v) is 18.4. The third-order valence-electron chi connectivity index (χ3n) is 7.04. The van der Waals surface area contributed by atoms with Gasteiger partial charge >= 0.3 is 42.1 Å². The van der Waals surface area contributed by atoms with E-state index in [1.54, 1.807) is 49.6 Å². The second-order valence-electron chi connectivity index (χ2n) is 11.5. The first kappa shape index (κ1) is 60.5. The fourth-order valence-electron chi connectivity index (χ4n) is 4.57. The standard InChI is InChI=1S/2C15H11N3.C14H8N2.4NO3.2Pt/c2*1-3-10-16-12(6-1)14-8-5-9-15(18-14)13-7-2-4-11-17-13;1(3-13-5-9-15-10-6-13)2-4-14-7-11-16-12-8-14;4*2-1(3)4;;/h2*1-11H;5-12H;;;;;;/q;;;4*-1;2*+2. The summed E-state index contributed by atoms with van der Waals surface area (Å²) in [6.07, 6.45) is 13.9. The van der Waals surface area contributed by atoms with Crippen LogP contribution < -0.4 is 0 Å². The quantitative estimate of drug-likeness (QED) is 0.0945. The summed E-state index contributed by atoms with van der Waals surface area (Å²) in [5.74, 6) is 11.5. The molecule has 0 amide bonds. The molecule has 8 heterocycles. The molecule has 0 aromatic carbocycles. The summed E-state index contributed by atoms with van der Waals surface area (Å²) in [4.78, 5) is 67.2. The van der Waals surface area contributed by atoms with E-state index in [0.717, 1.165) is 56.7 Å². The molecule has 0 fully saturated rings. The maximum Gasteiger partial charge on any atom is 2.00 e. The van der Waals surface area contributed by atoms with Gasteiger partial charge in [-0.1, -0.05) is 48.2 Å². The van der Waals surface area contributed by atoms with Crippen LogP contribution >= 0.6 is 0 Å². The fourth-order valence-corrected chi connectivity index (χ4v) is 4.57. The molecule has 70 heavy (non-hydrogen) atoms. The first-order chi connectivity index (χ1) is 32.7. The minimum atomic E-state index is -1.75. The molecule has 0 atom stereocenters. The van der Waals surface area contributed by atoms with Gasteiger partial charge in [0.1, 0.15) is 0 Å². The number of rotatable bonds is 4. The van der Waals surface area contributed by atoms with Crippen molar-refractivity contribution in [3.63, 3.8) is 0 Å². The average Bonchev–Trinajstić information content (AvgIpc) is 3.34. The Morgan fingerprint density at radius 1 is 0.300 bits per heavy atom. The number of nitrogens with zero attached hydrogens (tertiary/aromatic N) is 12. The Bertz CT molecular complexity index is 2530. The van der Waals surface area contributed by atoms with Crippen molar-refractivity contribution in [2.45, 2.75) is 0 Å². The zero-order valence-electron chi connectivity index (χ0n) is 35.2. The molecule has 0 saturated carbocycles. The van der Waals surface area contributed by atoms with Crippen LogP contribution in [0.1, 0.15) is 11.1 Å². The van der Waals surface area contributed by atoms with Gasteiger partial charge in [-0.2, -0.15) is 0 Å². The molecule has 0 N–H and O–H groups in total. The molecule has 358 valence electrons. The third kappa shape index (κ3) is 29.1. The zero-order valence-corrected chi connectivity index (χ0v) is 39.8. The topological polar surface area (TPSA) is 368 Å². The molecular formula is C44H30N12O12Pt2. The van der Waals surface area contributed by atoms with Crippen LogP contribution in [0.25, 0.3) is 45.6 Å². The second kappa shape index (κ2) is 36.7. The van der Waals surface area contributed by atoms with Gasteiger partial charge in [0.25, 0.3) is 0 Å². The Morgan fingerprint density at radius 2 is 0.514 bits per heavy atom. The average molecular weight is 1310 g/mol. The Hall–Kier alpha value is -9.50. The van der Waals surface area contributed by atoms with E-state index in [1.165, 1.54) is 0 Å². The minimum absolute atomic E-state index is 0. The predicted molar refractivity (Wildman–Crippen MR) is 245 cm³/mol. The van der Waals surface area contributed by atoms with Crippen LogP contribution in [0.4, 0.5) is 0 Å². The van der Waals surface area contributed by atoms with E-state index in [0.29, 0.717) is 0 Å². The van der Waals surface area contributed by atoms with Gasteiger partial charge in [0, 0.05) is 60.7 Å². The summed E-state index contributed by atoms with van der Waals surface area (Å²) in [6.45, 7) is 0. The summed E-state index contributed by atoms with van der Waals surface area (Å²) in [7, 11) is 0. The van der Waals surface area contributed by atoms with Crippen molar-refractivity contribution in [2.75, 3.05) is 0 Å². The van der Waals surface area contributed by atoms with Gasteiger partial charge in [-0.3, -0.25) is 29.9 Å². The molecule has 0 saturated heterocycles. The van der Waals surface area contributed by atoms with Gasteiger partial charge in [-0.15, -0.1) is 0 Å². The van der Waals surface area contributed by atoms with E-state index in [1.807, 2.05) is 133 Å². The zero-order chi connectivity index (χ0) is 49.8. The molecule has 0 unspecified atom stereocenters. The van der Waals surface area contributed by atoms with Crippen LogP contribution in [-0.4, -0.2) is 60.2 Å². The van der Waals surface area contributed by atoms with Gasteiger partial charge < -0.3 is 61.3 Å². The molecule has 8 rings (SSSR count). The van der Waals surface area contributed by atoms with Gasteiger partial charge in [0.15, 0.2) is 0 Å². The van der Waals surface area contributed by atoms with Crippen LogP contribution in [0.3, 0.4) is 0 Å². The van der Waals surface area contributed by atoms with Crippen molar-refractivity contribution >= 4 is 0 Å². The molecule has 8 aromatic rings. The first-order valence-electron chi connectivity index (χ1n) is 18.4. The summed E-state index contributed by atoms with van der Waals surface area (Å²) >= 11 is 0. The molecule has 0 aliphatic carbocycles. The van der Waals surface area contributed by atoms with Crippen molar-refractivity contribution < 1.29 is 62.5 Å². The third-order valence-corrected chi connectivity index (χ3v) is 7.04. The van der Waals surface area contributed by atoms with Crippen LogP contribution in [0.15, 0.2) is 183 Å². The van der Waals surface area contributed by atoms with Gasteiger partial charge in [0.05, 0.1) is 65.9 Å². The van der Waals surface area contributed by atoms with E-state index >= 15 is 0 Å². The number of aromatic nitrogens is 8. The van der Waals surface area contributed by atoms with Crippen molar-refractivity contribution in [1.82, 2.24) is 39.9 Å². The monoisotopic (exact) mass is 1310 g/mol. The summed E-state index contributed by atoms with van der Waals surface area (Å²) in [6, 6.07) is 42.4.